The maximum atomic E-state index is 13.5. The van der Waals surface area contributed by atoms with Gasteiger partial charge in [0.1, 0.15) is 5.82 Å². The van der Waals surface area contributed by atoms with Crippen LogP contribution in [0.2, 0.25) is 0 Å². The van der Waals surface area contributed by atoms with Crippen molar-refractivity contribution < 1.29 is 9.18 Å². The van der Waals surface area contributed by atoms with Crippen molar-refractivity contribution in [3.05, 3.63) is 35.1 Å². The standard InChI is InChI=1S/C12H15FN2OS/c1-3-15(7-11(14)17)12(16)9-6-8(2)4-5-10(9)13/h4-6H,3,7H2,1-2H3,(H2,14,17). The molecule has 1 rings (SSSR count). The lowest BCUT2D eigenvalue weighted by atomic mass is 10.1. The minimum Gasteiger partial charge on any atom is -0.392 e. The second kappa shape index (κ2) is 5.72. The van der Waals surface area contributed by atoms with Crippen LogP contribution in [0.4, 0.5) is 4.39 Å². The fourth-order valence-corrected chi connectivity index (χ4v) is 1.64. The van der Waals surface area contributed by atoms with Crippen LogP contribution in [0.3, 0.4) is 0 Å². The first-order valence-electron chi connectivity index (χ1n) is 5.29. The predicted molar refractivity (Wildman–Crippen MR) is 69.5 cm³/mol. The van der Waals surface area contributed by atoms with Crippen LogP contribution in [0.5, 0.6) is 0 Å². The summed E-state index contributed by atoms with van der Waals surface area (Å²) in [5.41, 5.74) is 6.29. The highest BCUT2D eigenvalue weighted by Gasteiger charge is 2.18. The molecule has 17 heavy (non-hydrogen) atoms. The maximum absolute atomic E-state index is 13.5. The molecule has 5 heteroatoms. The summed E-state index contributed by atoms with van der Waals surface area (Å²) >= 11 is 4.76. The number of amides is 1. The normalized spacial score (nSPS) is 10.1. The summed E-state index contributed by atoms with van der Waals surface area (Å²) < 4.78 is 13.5. The van der Waals surface area contributed by atoms with Gasteiger partial charge in [-0.1, -0.05) is 23.8 Å². The number of aryl methyl sites for hydroxylation is 1. The van der Waals surface area contributed by atoms with E-state index in [9.17, 15) is 9.18 Å². The van der Waals surface area contributed by atoms with E-state index in [4.69, 9.17) is 18.0 Å². The first-order valence-corrected chi connectivity index (χ1v) is 5.70. The van der Waals surface area contributed by atoms with Gasteiger partial charge in [-0.05, 0) is 26.0 Å². The van der Waals surface area contributed by atoms with Gasteiger partial charge in [0.15, 0.2) is 0 Å². The summed E-state index contributed by atoms with van der Waals surface area (Å²) in [6, 6.07) is 4.44. The number of nitrogens with zero attached hydrogens (tertiary/aromatic N) is 1. The molecule has 0 heterocycles. The number of halogens is 1. The van der Waals surface area contributed by atoms with E-state index >= 15 is 0 Å². The molecule has 0 aliphatic carbocycles. The molecule has 92 valence electrons. The minimum atomic E-state index is -0.526. The van der Waals surface area contributed by atoms with Crippen molar-refractivity contribution in [3.8, 4) is 0 Å². The minimum absolute atomic E-state index is 0.0584. The van der Waals surface area contributed by atoms with Gasteiger partial charge in [0.2, 0.25) is 0 Å². The molecule has 2 N–H and O–H groups in total. The van der Waals surface area contributed by atoms with E-state index in [1.54, 1.807) is 19.9 Å². The van der Waals surface area contributed by atoms with E-state index in [2.05, 4.69) is 0 Å². The Morgan fingerprint density at radius 2 is 2.18 bits per heavy atom. The van der Waals surface area contributed by atoms with Crippen LogP contribution in [0.25, 0.3) is 0 Å². The van der Waals surface area contributed by atoms with E-state index < -0.39 is 5.82 Å². The van der Waals surface area contributed by atoms with Gasteiger partial charge >= 0.3 is 0 Å². The van der Waals surface area contributed by atoms with E-state index in [1.165, 1.54) is 17.0 Å². The van der Waals surface area contributed by atoms with Gasteiger partial charge in [0.05, 0.1) is 17.1 Å². The number of likely N-dealkylation sites (N-methyl/N-ethyl adjacent to an activating group) is 1. The number of rotatable bonds is 4. The zero-order valence-corrected chi connectivity index (χ0v) is 10.7. The molecule has 0 unspecified atom stereocenters. The first-order chi connectivity index (χ1) is 7.95. The molecule has 0 aliphatic heterocycles. The molecule has 1 aromatic carbocycles. The van der Waals surface area contributed by atoms with E-state index in [0.717, 1.165) is 5.56 Å². The SMILES string of the molecule is CCN(CC(N)=S)C(=O)c1cc(C)ccc1F. The fraction of sp³-hybridized carbons (Fsp3) is 0.333. The molecule has 0 spiro atoms. The van der Waals surface area contributed by atoms with Crippen molar-refractivity contribution in [1.82, 2.24) is 4.90 Å². The van der Waals surface area contributed by atoms with Gasteiger partial charge in [-0.15, -0.1) is 0 Å². The van der Waals surface area contributed by atoms with Gasteiger partial charge in [-0.3, -0.25) is 4.79 Å². The van der Waals surface area contributed by atoms with Crippen LogP contribution in [-0.2, 0) is 0 Å². The van der Waals surface area contributed by atoms with Crippen molar-refractivity contribution in [2.75, 3.05) is 13.1 Å². The number of benzene rings is 1. The van der Waals surface area contributed by atoms with Crippen molar-refractivity contribution in [2.45, 2.75) is 13.8 Å². The number of thiocarbonyl (C=S) groups is 1. The lowest BCUT2D eigenvalue weighted by molar-refractivity contribution is 0.0783. The van der Waals surface area contributed by atoms with E-state index in [1.807, 2.05) is 0 Å². The van der Waals surface area contributed by atoms with Crippen LogP contribution >= 0.6 is 12.2 Å². The van der Waals surface area contributed by atoms with Gasteiger partial charge < -0.3 is 10.6 Å². The Labute approximate surface area is 105 Å². The monoisotopic (exact) mass is 254 g/mol. The molecule has 0 atom stereocenters. The molecule has 0 saturated heterocycles. The van der Waals surface area contributed by atoms with Crippen LogP contribution in [0, 0.1) is 12.7 Å². The Balaban J connectivity index is 3.01. The zero-order valence-electron chi connectivity index (χ0n) is 9.87. The highest BCUT2D eigenvalue weighted by atomic mass is 32.1. The molecule has 0 fully saturated rings. The summed E-state index contributed by atoms with van der Waals surface area (Å²) in [6.45, 7) is 4.20. The Kier molecular flexibility index (Phi) is 4.57. The highest BCUT2D eigenvalue weighted by Crippen LogP contribution is 2.12. The van der Waals surface area contributed by atoms with Crippen molar-refractivity contribution in [3.63, 3.8) is 0 Å². The second-order valence-electron chi connectivity index (χ2n) is 3.77. The zero-order chi connectivity index (χ0) is 13.0. The summed E-state index contributed by atoms with van der Waals surface area (Å²) in [4.78, 5) is 13.7. The summed E-state index contributed by atoms with van der Waals surface area (Å²) in [6.07, 6.45) is 0. The van der Waals surface area contributed by atoms with E-state index in [0.29, 0.717) is 6.54 Å². The van der Waals surface area contributed by atoms with Gasteiger partial charge in [0.25, 0.3) is 5.91 Å². The third-order valence-electron chi connectivity index (χ3n) is 2.37. The fourth-order valence-electron chi connectivity index (χ4n) is 1.49. The van der Waals surface area contributed by atoms with Crippen molar-refractivity contribution in [1.29, 1.82) is 0 Å². The van der Waals surface area contributed by atoms with Gasteiger partial charge in [-0.25, -0.2) is 4.39 Å². The number of hydrogen-bond acceptors (Lipinski definition) is 2. The number of hydrogen-bond donors (Lipinski definition) is 1. The molecule has 1 amide bonds. The third kappa shape index (κ3) is 3.49. The lowest BCUT2D eigenvalue weighted by Crippen LogP contribution is -2.37. The van der Waals surface area contributed by atoms with Crippen LogP contribution < -0.4 is 5.73 Å². The molecule has 0 aliphatic rings. The number of carbonyl (C=O) groups excluding carboxylic acids is 1. The smallest absolute Gasteiger partial charge is 0.257 e. The summed E-state index contributed by atoms with van der Waals surface area (Å²) in [5, 5.41) is 0. The topological polar surface area (TPSA) is 46.3 Å². The lowest BCUT2D eigenvalue weighted by Gasteiger charge is -2.20. The molecule has 0 radical (unpaired) electrons. The molecular formula is C12H15FN2OS. The van der Waals surface area contributed by atoms with Crippen LogP contribution in [-0.4, -0.2) is 28.9 Å². The first kappa shape index (κ1) is 13.6. The Hall–Kier alpha value is -1.49. The maximum Gasteiger partial charge on any atom is 0.257 e. The largest absolute Gasteiger partial charge is 0.392 e. The van der Waals surface area contributed by atoms with Gasteiger partial charge in [-0.2, -0.15) is 0 Å². The van der Waals surface area contributed by atoms with E-state index in [-0.39, 0.29) is 23.0 Å². The van der Waals surface area contributed by atoms with Gasteiger partial charge in [0, 0.05) is 6.54 Å². The molecule has 0 bridgehead atoms. The molecular weight excluding hydrogens is 239 g/mol. The van der Waals surface area contributed by atoms with Crippen LogP contribution in [0.1, 0.15) is 22.8 Å². The van der Waals surface area contributed by atoms with Crippen LogP contribution in [0.15, 0.2) is 18.2 Å². The number of carbonyl (C=O) groups is 1. The Bertz CT molecular complexity index is 448. The molecule has 0 aromatic heterocycles. The Morgan fingerprint density at radius 3 is 2.71 bits per heavy atom. The second-order valence-corrected chi connectivity index (χ2v) is 4.29. The third-order valence-corrected chi connectivity index (χ3v) is 2.50. The molecule has 0 saturated carbocycles. The summed E-state index contributed by atoms with van der Waals surface area (Å²) in [7, 11) is 0. The predicted octanol–water partition coefficient (Wildman–Crippen LogP) is 1.88. The average molecular weight is 254 g/mol. The highest BCUT2D eigenvalue weighted by molar-refractivity contribution is 7.80. The Morgan fingerprint density at radius 1 is 1.53 bits per heavy atom. The molecule has 1 aromatic rings. The van der Waals surface area contributed by atoms with Crippen molar-refractivity contribution in [2.24, 2.45) is 5.73 Å². The van der Waals surface area contributed by atoms with Crippen molar-refractivity contribution >= 4 is 23.1 Å². The number of nitrogens with two attached hydrogens (primary N) is 1. The summed E-state index contributed by atoms with van der Waals surface area (Å²) in [5.74, 6) is -0.913. The quantitative estimate of drug-likeness (QED) is 0.835. The average Bonchev–Trinajstić information content (AvgIpc) is 2.28. The molecule has 3 nitrogen and oxygen atoms in total.